The minimum atomic E-state index is -4.66. The number of benzene rings is 2. The monoisotopic (exact) mass is 370 g/mol. The molecule has 1 atom stereocenters. The first kappa shape index (κ1) is 18.8. The van der Waals surface area contributed by atoms with Gasteiger partial charge >= 0.3 is 18.0 Å². The van der Waals surface area contributed by atoms with E-state index in [0.29, 0.717) is 6.07 Å². The summed E-state index contributed by atoms with van der Waals surface area (Å²) in [6, 6.07) is 11.4. The van der Waals surface area contributed by atoms with Crippen molar-refractivity contribution in [3.8, 4) is 0 Å². The van der Waals surface area contributed by atoms with E-state index in [1.165, 1.54) is 6.07 Å². The Balaban J connectivity index is 2.05. The summed E-state index contributed by atoms with van der Waals surface area (Å²) in [5.41, 5.74) is -0.483. The summed E-state index contributed by atoms with van der Waals surface area (Å²) in [7, 11) is 0. The maximum atomic E-state index is 12.8. The Kier molecular flexibility index (Phi) is 5.69. The van der Waals surface area contributed by atoms with E-state index in [-0.39, 0.29) is 5.69 Å². The van der Waals surface area contributed by atoms with Crippen LogP contribution in [-0.4, -0.2) is 11.8 Å². The molecule has 0 spiro atoms. The van der Waals surface area contributed by atoms with Crippen molar-refractivity contribution < 1.29 is 22.8 Å². The highest BCUT2D eigenvalue weighted by molar-refractivity contribution is 6.39. The molecule has 0 saturated carbocycles. The first-order chi connectivity index (χ1) is 11.7. The average molecular weight is 371 g/mol. The van der Waals surface area contributed by atoms with Crippen molar-refractivity contribution in [3.63, 3.8) is 0 Å². The van der Waals surface area contributed by atoms with Gasteiger partial charge in [-0.2, -0.15) is 13.2 Å². The fourth-order valence-electron chi connectivity index (χ4n) is 2.10. The van der Waals surface area contributed by atoms with Gasteiger partial charge in [0, 0.05) is 5.69 Å². The van der Waals surface area contributed by atoms with Crippen LogP contribution in [0.5, 0.6) is 0 Å². The molecule has 0 radical (unpaired) electrons. The van der Waals surface area contributed by atoms with Gasteiger partial charge in [0.1, 0.15) is 0 Å². The highest BCUT2D eigenvalue weighted by atomic mass is 35.5. The van der Waals surface area contributed by atoms with Gasteiger partial charge in [-0.1, -0.05) is 41.9 Å². The molecule has 0 aliphatic rings. The number of nitrogens with one attached hydrogen (secondary N) is 2. The second kappa shape index (κ2) is 7.57. The van der Waals surface area contributed by atoms with E-state index in [0.717, 1.165) is 11.6 Å². The highest BCUT2D eigenvalue weighted by Gasteiger charge is 2.33. The summed E-state index contributed by atoms with van der Waals surface area (Å²) in [6.45, 7) is 1.69. The molecule has 25 heavy (non-hydrogen) atoms. The average Bonchev–Trinajstić information content (AvgIpc) is 2.56. The minimum absolute atomic E-state index is 0.177. The molecule has 0 bridgehead atoms. The van der Waals surface area contributed by atoms with Crippen molar-refractivity contribution in [1.82, 2.24) is 5.32 Å². The van der Waals surface area contributed by atoms with Gasteiger partial charge in [-0.05, 0) is 30.7 Å². The zero-order valence-corrected chi connectivity index (χ0v) is 13.8. The lowest BCUT2D eigenvalue weighted by Gasteiger charge is -2.15. The quantitative estimate of drug-likeness (QED) is 0.796. The summed E-state index contributed by atoms with van der Waals surface area (Å²) >= 11 is 5.50. The molecule has 4 nitrogen and oxygen atoms in total. The van der Waals surface area contributed by atoms with Crippen LogP contribution in [0.4, 0.5) is 18.9 Å². The van der Waals surface area contributed by atoms with Crippen molar-refractivity contribution in [1.29, 1.82) is 0 Å². The molecule has 2 aromatic carbocycles. The van der Waals surface area contributed by atoms with Crippen molar-refractivity contribution in [2.75, 3.05) is 5.32 Å². The lowest BCUT2D eigenvalue weighted by Crippen LogP contribution is -2.36. The van der Waals surface area contributed by atoms with Crippen LogP contribution in [0.15, 0.2) is 48.5 Å². The molecule has 8 heteroatoms. The molecule has 132 valence electrons. The third kappa shape index (κ3) is 4.96. The first-order valence-electron chi connectivity index (χ1n) is 7.22. The lowest BCUT2D eigenvalue weighted by molar-refractivity contribution is -0.137. The Bertz CT molecular complexity index is 779. The Morgan fingerprint density at radius 2 is 1.68 bits per heavy atom. The molecule has 2 aromatic rings. The number of amides is 2. The first-order valence-corrected chi connectivity index (χ1v) is 7.60. The zero-order chi connectivity index (χ0) is 18.6. The standard InChI is InChI=1S/C17H14ClF3N2O2/c1-10(11-5-3-2-4-6-11)22-15(24)16(25)23-12-7-8-14(18)13(9-12)17(19,20)21/h2-10H,1H3,(H,22,24)(H,23,25)/t10-/m0/s1. The van der Waals surface area contributed by atoms with Crippen molar-refractivity contribution in [2.45, 2.75) is 19.1 Å². The molecule has 0 heterocycles. The van der Waals surface area contributed by atoms with Gasteiger partial charge in [0.2, 0.25) is 0 Å². The number of alkyl halides is 3. The maximum Gasteiger partial charge on any atom is 0.417 e. The molecule has 2 amide bonds. The minimum Gasteiger partial charge on any atom is -0.341 e. The largest absolute Gasteiger partial charge is 0.417 e. The molecule has 2 rings (SSSR count). The van der Waals surface area contributed by atoms with Crippen LogP contribution >= 0.6 is 11.6 Å². The van der Waals surface area contributed by atoms with Crippen molar-refractivity contribution in [3.05, 3.63) is 64.7 Å². The van der Waals surface area contributed by atoms with Crippen LogP contribution in [-0.2, 0) is 15.8 Å². The van der Waals surface area contributed by atoms with Gasteiger partial charge in [-0.25, -0.2) is 0 Å². The number of halogens is 4. The van der Waals surface area contributed by atoms with E-state index in [4.69, 9.17) is 11.6 Å². The van der Waals surface area contributed by atoms with Crippen LogP contribution in [0.25, 0.3) is 0 Å². The Morgan fingerprint density at radius 1 is 1.04 bits per heavy atom. The van der Waals surface area contributed by atoms with Gasteiger partial charge < -0.3 is 10.6 Å². The third-order valence-corrected chi connectivity index (χ3v) is 3.71. The topological polar surface area (TPSA) is 58.2 Å². The van der Waals surface area contributed by atoms with Crippen LogP contribution < -0.4 is 10.6 Å². The summed E-state index contributed by atoms with van der Waals surface area (Å²) in [4.78, 5) is 23.8. The maximum absolute atomic E-state index is 12.8. The van der Waals surface area contributed by atoms with Gasteiger partial charge in [-0.15, -0.1) is 0 Å². The second-order valence-electron chi connectivity index (χ2n) is 5.25. The number of anilines is 1. The van der Waals surface area contributed by atoms with Gasteiger partial charge in [0.25, 0.3) is 0 Å². The molecule has 2 N–H and O–H groups in total. The summed E-state index contributed by atoms with van der Waals surface area (Å²) < 4.78 is 38.4. The Hall–Kier alpha value is -2.54. The van der Waals surface area contributed by atoms with E-state index in [1.54, 1.807) is 31.2 Å². The molecule has 0 aromatic heterocycles. The molecular formula is C17H14ClF3N2O2. The zero-order valence-electron chi connectivity index (χ0n) is 13.0. The normalized spacial score (nSPS) is 12.4. The predicted molar refractivity (Wildman–Crippen MR) is 88.1 cm³/mol. The number of hydrogen-bond donors (Lipinski definition) is 2. The van der Waals surface area contributed by atoms with Gasteiger partial charge in [0.15, 0.2) is 0 Å². The van der Waals surface area contributed by atoms with Crippen LogP contribution in [0, 0.1) is 0 Å². The van der Waals surface area contributed by atoms with E-state index in [2.05, 4.69) is 10.6 Å². The fraction of sp³-hybridized carbons (Fsp3) is 0.176. The molecular weight excluding hydrogens is 357 g/mol. The fourth-order valence-corrected chi connectivity index (χ4v) is 2.32. The summed E-state index contributed by atoms with van der Waals surface area (Å²) in [6.07, 6.45) is -4.66. The van der Waals surface area contributed by atoms with Crippen LogP contribution in [0.3, 0.4) is 0 Å². The van der Waals surface area contributed by atoms with Crippen LogP contribution in [0.1, 0.15) is 24.1 Å². The van der Waals surface area contributed by atoms with Crippen molar-refractivity contribution >= 4 is 29.1 Å². The van der Waals surface area contributed by atoms with Crippen LogP contribution in [0.2, 0.25) is 5.02 Å². The smallest absolute Gasteiger partial charge is 0.341 e. The number of carbonyl (C=O) groups is 2. The van der Waals surface area contributed by atoms with E-state index in [1.807, 2.05) is 6.07 Å². The molecule has 0 unspecified atom stereocenters. The Morgan fingerprint density at radius 3 is 2.28 bits per heavy atom. The predicted octanol–water partition coefficient (Wildman–Crippen LogP) is 4.17. The molecule has 0 fully saturated rings. The number of carbonyl (C=O) groups excluding carboxylic acids is 2. The van der Waals surface area contributed by atoms with Gasteiger partial charge in [-0.3, -0.25) is 9.59 Å². The lowest BCUT2D eigenvalue weighted by atomic mass is 10.1. The third-order valence-electron chi connectivity index (χ3n) is 3.38. The number of hydrogen-bond acceptors (Lipinski definition) is 2. The molecule has 0 aliphatic heterocycles. The van der Waals surface area contributed by atoms with E-state index in [9.17, 15) is 22.8 Å². The number of rotatable bonds is 3. The van der Waals surface area contributed by atoms with Crippen molar-refractivity contribution in [2.24, 2.45) is 0 Å². The summed E-state index contributed by atoms with van der Waals surface area (Å²) in [5.74, 6) is -2.03. The highest BCUT2D eigenvalue weighted by Crippen LogP contribution is 2.36. The Labute approximate surface area is 147 Å². The molecule has 0 saturated heterocycles. The van der Waals surface area contributed by atoms with E-state index >= 15 is 0 Å². The second-order valence-corrected chi connectivity index (χ2v) is 5.66. The molecule has 0 aliphatic carbocycles. The van der Waals surface area contributed by atoms with Gasteiger partial charge in [0.05, 0.1) is 16.6 Å². The summed E-state index contributed by atoms with van der Waals surface area (Å²) in [5, 5.41) is 4.11. The van der Waals surface area contributed by atoms with E-state index < -0.39 is 34.6 Å². The SMILES string of the molecule is C[C@H](NC(=O)C(=O)Nc1ccc(Cl)c(C(F)(F)F)c1)c1ccccc1.